The molecule has 6 heteroatoms. The zero-order valence-corrected chi connectivity index (χ0v) is 14.6. The lowest BCUT2D eigenvalue weighted by Crippen LogP contribution is -2.38. The number of primary amides is 1. The van der Waals surface area contributed by atoms with E-state index >= 15 is 0 Å². The summed E-state index contributed by atoms with van der Waals surface area (Å²) in [6.07, 6.45) is 4.24. The van der Waals surface area contributed by atoms with Crippen molar-refractivity contribution >= 4 is 17.5 Å². The third-order valence-corrected chi connectivity index (χ3v) is 5.43. The molecule has 2 atom stereocenters. The van der Waals surface area contributed by atoms with E-state index in [-0.39, 0.29) is 29.7 Å². The maximum atomic E-state index is 12.3. The molecular weight excluding hydrogens is 316 g/mol. The molecule has 2 fully saturated rings. The highest BCUT2D eigenvalue weighted by molar-refractivity contribution is 5.92. The summed E-state index contributed by atoms with van der Waals surface area (Å²) in [4.78, 5) is 25.9. The predicted octanol–water partition coefficient (Wildman–Crippen LogP) is 1.45. The molecule has 1 heterocycles. The number of nitrogens with two attached hydrogens (primary N) is 2. The third kappa shape index (κ3) is 4.80. The number of benzene rings is 1. The molecule has 1 aromatic carbocycles. The minimum atomic E-state index is -0.184. The first kappa shape index (κ1) is 17.9. The second-order valence-electron chi connectivity index (χ2n) is 7.41. The number of hydrogen-bond donors (Lipinski definition) is 3. The Bertz CT molecular complexity index is 626. The maximum absolute atomic E-state index is 12.3. The average Bonchev–Trinajstić information content (AvgIpc) is 3.02. The average molecular weight is 344 g/mol. The van der Waals surface area contributed by atoms with Gasteiger partial charge in [0.25, 0.3) is 0 Å². The van der Waals surface area contributed by atoms with Crippen LogP contribution >= 0.6 is 0 Å². The fourth-order valence-electron chi connectivity index (χ4n) is 3.88. The number of hydrogen-bond acceptors (Lipinski definition) is 4. The number of rotatable bonds is 5. The Morgan fingerprint density at radius 3 is 2.52 bits per heavy atom. The number of amides is 2. The van der Waals surface area contributed by atoms with Gasteiger partial charge < -0.3 is 16.8 Å². The third-order valence-electron chi connectivity index (χ3n) is 5.43. The summed E-state index contributed by atoms with van der Waals surface area (Å²) in [7, 11) is 0. The Labute approximate surface area is 148 Å². The first-order valence-electron chi connectivity index (χ1n) is 9.18. The van der Waals surface area contributed by atoms with Gasteiger partial charge in [0.1, 0.15) is 0 Å². The topological polar surface area (TPSA) is 101 Å². The van der Waals surface area contributed by atoms with E-state index in [1.165, 1.54) is 5.56 Å². The van der Waals surface area contributed by atoms with Crippen molar-refractivity contribution in [3.8, 4) is 0 Å². The highest BCUT2D eigenvalue weighted by atomic mass is 16.2. The molecule has 0 bridgehead atoms. The lowest BCUT2D eigenvalue weighted by Gasteiger charge is -2.30. The second-order valence-corrected chi connectivity index (χ2v) is 7.41. The summed E-state index contributed by atoms with van der Waals surface area (Å²) in [5, 5.41) is 3.03. The van der Waals surface area contributed by atoms with Gasteiger partial charge in [0.2, 0.25) is 11.8 Å². The van der Waals surface area contributed by atoms with Crippen LogP contribution in [0.25, 0.3) is 0 Å². The summed E-state index contributed by atoms with van der Waals surface area (Å²) >= 11 is 0. The molecule has 2 unspecified atom stereocenters. The van der Waals surface area contributed by atoms with E-state index in [0.29, 0.717) is 0 Å². The van der Waals surface area contributed by atoms with Crippen LogP contribution in [0.1, 0.15) is 37.7 Å². The van der Waals surface area contributed by atoms with Gasteiger partial charge in [-0.05, 0) is 62.9 Å². The predicted molar refractivity (Wildman–Crippen MR) is 97.6 cm³/mol. The highest BCUT2D eigenvalue weighted by Crippen LogP contribution is 2.26. The molecule has 1 aliphatic heterocycles. The molecule has 0 aromatic heterocycles. The van der Waals surface area contributed by atoms with E-state index in [1.54, 1.807) is 0 Å². The smallest absolute Gasteiger partial charge is 0.227 e. The van der Waals surface area contributed by atoms with E-state index in [9.17, 15) is 9.59 Å². The van der Waals surface area contributed by atoms with Gasteiger partial charge in [-0.25, -0.2) is 0 Å². The summed E-state index contributed by atoms with van der Waals surface area (Å²) in [6, 6.07) is 8.16. The van der Waals surface area contributed by atoms with Crippen LogP contribution in [0.4, 0.5) is 5.69 Å². The highest BCUT2D eigenvalue weighted by Gasteiger charge is 2.28. The van der Waals surface area contributed by atoms with Crippen molar-refractivity contribution < 1.29 is 9.59 Å². The standard InChI is InChI=1S/C19H28N4O2/c20-16-5-4-15(11-16)19(25)22-17-3-1-2-13(10-17)12-23-8-6-14(7-9-23)18(21)24/h1-3,10,14-16H,4-9,11-12,20H2,(H2,21,24)(H,22,25). The number of carbonyl (C=O) groups is 2. The number of piperidine rings is 1. The SMILES string of the molecule is NC(=O)C1CCN(Cc2cccc(NC(=O)C3CCC(N)C3)c2)CC1. The summed E-state index contributed by atoms with van der Waals surface area (Å²) in [6.45, 7) is 2.58. The molecule has 6 nitrogen and oxygen atoms in total. The van der Waals surface area contributed by atoms with E-state index < -0.39 is 0 Å². The van der Waals surface area contributed by atoms with Crippen LogP contribution < -0.4 is 16.8 Å². The Kier molecular flexibility index (Phi) is 5.71. The first-order valence-corrected chi connectivity index (χ1v) is 9.18. The molecule has 1 aliphatic carbocycles. The van der Waals surface area contributed by atoms with Gasteiger partial charge in [0, 0.05) is 30.1 Å². The number of anilines is 1. The van der Waals surface area contributed by atoms with Gasteiger partial charge in [0.15, 0.2) is 0 Å². The lowest BCUT2D eigenvalue weighted by atomic mass is 9.96. The van der Waals surface area contributed by atoms with Crippen molar-refractivity contribution in [1.29, 1.82) is 0 Å². The molecule has 136 valence electrons. The normalized spacial score (nSPS) is 25.0. The molecule has 1 saturated carbocycles. The van der Waals surface area contributed by atoms with Crippen molar-refractivity contribution in [2.75, 3.05) is 18.4 Å². The zero-order chi connectivity index (χ0) is 17.8. The van der Waals surface area contributed by atoms with Crippen LogP contribution in [0.15, 0.2) is 24.3 Å². The van der Waals surface area contributed by atoms with Crippen molar-refractivity contribution in [2.24, 2.45) is 23.3 Å². The van der Waals surface area contributed by atoms with E-state index in [4.69, 9.17) is 11.5 Å². The molecule has 2 aliphatic rings. The Balaban J connectivity index is 1.53. The van der Waals surface area contributed by atoms with Crippen LogP contribution in [-0.4, -0.2) is 35.8 Å². The van der Waals surface area contributed by atoms with Crippen LogP contribution in [0, 0.1) is 11.8 Å². The fraction of sp³-hybridized carbons (Fsp3) is 0.579. The molecule has 1 aromatic rings. The molecule has 3 rings (SSSR count). The van der Waals surface area contributed by atoms with E-state index in [0.717, 1.165) is 57.4 Å². The maximum Gasteiger partial charge on any atom is 0.227 e. The summed E-state index contributed by atoms with van der Waals surface area (Å²) in [5.41, 5.74) is 13.3. The molecule has 0 radical (unpaired) electrons. The first-order chi connectivity index (χ1) is 12.0. The molecule has 25 heavy (non-hydrogen) atoms. The quantitative estimate of drug-likeness (QED) is 0.752. The number of likely N-dealkylation sites (tertiary alicyclic amines) is 1. The van der Waals surface area contributed by atoms with Crippen LogP contribution in [-0.2, 0) is 16.1 Å². The zero-order valence-electron chi connectivity index (χ0n) is 14.6. The van der Waals surface area contributed by atoms with Crippen molar-refractivity contribution in [2.45, 2.75) is 44.7 Å². The summed E-state index contributed by atoms with van der Waals surface area (Å²) < 4.78 is 0. The van der Waals surface area contributed by atoms with Crippen LogP contribution in [0.5, 0.6) is 0 Å². The molecule has 1 saturated heterocycles. The lowest BCUT2D eigenvalue weighted by molar-refractivity contribution is -0.123. The van der Waals surface area contributed by atoms with Crippen LogP contribution in [0.3, 0.4) is 0 Å². The van der Waals surface area contributed by atoms with E-state index in [1.807, 2.05) is 18.2 Å². The van der Waals surface area contributed by atoms with Gasteiger partial charge >= 0.3 is 0 Å². The van der Waals surface area contributed by atoms with Gasteiger partial charge in [-0.15, -0.1) is 0 Å². The van der Waals surface area contributed by atoms with Crippen molar-refractivity contribution in [3.63, 3.8) is 0 Å². The second kappa shape index (κ2) is 7.97. The summed E-state index contributed by atoms with van der Waals surface area (Å²) in [5.74, 6) is -0.0606. The van der Waals surface area contributed by atoms with Gasteiger partial charge in [-0.2, -0.15) is 0 Å². The molecule has 0 spiro atoms. The Morgan fingerprint density at radius 1 is 1.12 bits per heavy atom. The Hall–Kier alpha value is -1.92. The Morgan fingerprint density at radius 2 is 1.88 bits per heavy atom. The molecular formula is C19H28N4O2. The molecule has 2 amide bonds. The number of nitrogens with zero attached hydrogens (tertiary/aromatic N) is 1. The number of carbonyl (C=O) groups excluding carboxylic acids is 2. The minimum absolute atomic E-state index is 0.0136. The van der Waals surface area contributed by atoms with Crippen LogP contribution in [0.2, 0.25) is 0 Å². The monoisotopic (exact) mass is 344 g/mol. The largest absolute Gasteiger partial charge is 0.369 e. The minimum Gasteiger partial charge on any atom is -0.369 e. The fourth-order valence-corrected chi connectivity index (χ4v) is 3.88. The molecule has 5 N–H and O–H groups in total. The van der Waals surface area contributed by atoms with Crippen molar-refractivity contribution in [1.82, 2.24) is 4.90 Å². The van der Waals surface area contributed by atoms with Gasteiger partial charge in [-0.1, -0.05) is 12.1 Å². The van der Waals surface area contributed by atoms with Gasteiger partial charge in [-0.3, -0.25) is 14.5 Å². The van der Waals surface area contributed by atoms with Gasteiger partial charge in [0.05, 0.1) is 0 Å². The number of nitrogens with one attached hydrogen (secondary N) is 1. The van der Waals surface area contributed by atoms with E-state index in [2.05, 4.69) is 16.3 Å². The van der Waals surface area contributed by atoms with Crippen molar-refractivity contribution in [3.05, 3.63) is 29.8 Å².